The molecule has 0 bridgehead atoms. The average molecular weight is 307 g/mol. The van der Waals surface area contributed by atoms with E-state index in [0.717, 1.165) is 5.52 Å². The Bertz CT molecular complexity index is 800. The van der Waals surface area contributed by atoms with Crippen LogP contribution in [0.1, 0.15) is 10.4 Å². The van der Waals surface area contributed by atoms with E-state index in [1.54, 1.807) is 30.3 Å². The number of amides is 1. The fourth-order valence-corrected chi connectivity index (χ4v) is 2.06. The van der Waals surface area contributed by atoms with Gasteiger partial charge in [-0.3, -0.25) is 4.79 Å². The largest absolute Gasteiger partial charge is 0.322 e. The number of hydrogen-bond acceptors (Lipinski definition) is 3. The first kappa shape index (κ1) is 12.9. The Hall–Kier alpha value is -2.11. The summed E-state index contributed by atoms with van der Waals surface area (Å²) in [5, 5.41) is 13.9. The van der Waals surface area contributed by atoms with E-state index in [1.165, 1.54) is 6.07 Å². The maximum Gasteiger partial charge on any atom is 0.255 e. The van der Waals surface area contributed by atoms with E-state index in [9.17, 15) is 4.79 Å². The molecule has 0 spiro atoms. The highest BCUT2D eigenvalue weighted by molar-refractivity contribution is 6.42. The second-order valence-electron chi connectivity index (χ2n) is 4.11. The third-order valence-electron chi connectivity index (χ3n) is 2.76. The zero-order valence-electron chi connectivity index (χ0n) is 10.0. The molecule has 0 unspecified atom stereocenters. The second kappa shape index (κ2) is 5.11. The van der Waals surface area contributed by atoms with Crippen molar-refractivity contribution in [3.8, 4) is 0 Å². The van der Waals surface area contributed by atoms with Crippen molar-refractivity contribution in [3.05, 3.63) is 52.0 Å². The summed E-state index contributed by atoms with van der Waals surface area (Å²) in [6.07, 6.45) is 0. The molecular formula is C13H8Cl2N4O. The number of anilines is 1. The number of nitrogens with one attached hydrogen (secondary N) is 2. The van der Waals surface area contributed by atoms with E-state index in [0.29, 0.717) is 26.8 Å². The van der Waals surface area contributed by atoms with Crippen molar-refractivity contribution < 1.29 is 4.79 Å². The topological polar surface area (TPSA) is 70.7 Å². The number of aromatic amines is 1. The molecule has 1 aromatic heterocycles. The van der Waals surface area contributed by atoms with Gasteiger partial charge < -0.3 is 5.32 Å². The van der Waals surface area contributed by atoms with Crippen LogP contribution < -0.4 is 5.32 Å². The molecule has 0 atom stereocenters. The molecule has 20 heavy (non-hydrogen) atoms. The van der Waals surface area contributed by atoms with Crippen LogP contribution in [-0.2, 0) is 0 Å². The smallest absolute Gasteiger partial charge is 0.255 e. The fraction of sp³-hybridized carbons (Fsp3) is 0. The standard InChI is InChI=1S/C13H8Cl2N4O/c14-9-3-1-7(5-10(9)15)13(20)16-8-2-4-11-12(6-8)18-19-17-11/h1-6H,(H,16,20)(H,17,18,19). The highest BCUT2D eigenvalue weighted by Gasteiger charge is 2.09. The molecule has 0 fully saturated rings. The number of benzene rings is 2. The van der Waals surface area contributed by atoms with Gasteiger partial charge in [-0.05, 0) is 36.4 Å². The molecule has 0 aliphatic carbocycles. The van der Waals surface area contributed by atoms with Gasteiger partial charge in [-0.1, -0.05) is 23.2 Å². The predicted octanol–water partition coefficient (Wildman–Crippen LogP) is 3.52. The van der Waals surface area contributed by atoms with Crippen LogP contribution in [0, 0.1) is 0 Å². The van der Waals surface area contributed by atoms with Crippen LogP contribution in [0.3, 0.4) is 0 Å². The lowest BCUT2D eigenvalue weighted by Gasteiger charge is -2.06. The number of carbonyl (C=O) groups excluding carboxylic acids is 1. The molecule has 1 heterocycles. The van der Waals surface area contributed by atoms with Gasteiger partial charge in [-0.2, -0.15) is 15.4 Å². The number of hydrogen-bond donors (Lipinski definition) is 2. The molecule has 5 nitrogen and oxygen atoms in total. The monoisotopic (exact) mass is 306 g/mol. The summed E-state index contributed by atoms with van der Waals surface area (Å²) in [6, 6.07) is 9.96. The summed E-state index contributed by atoms with van der Waals surface area (Å²) in [5.41, 5.74) is 2.47. The van der Waals surface area contributed by atoms with Crippen molar-refractivity contribution in [2.45, 2.75) is 0 Å². The van der Waals surface area contributed by atoms with Gasteiger partial charge in [-0.25, -0.2) is 0 Å². The predicted molar refractivity (Wildman–Crippen MR) is 78.3 cm³/mol. The summed E-state index contributed by atoms with van der Waals surface area (Å²) < 4.78 is 0. The normalized spacial score (nSPS) is 10.7. The van der Waals surface area contributed by atoms with Gasteiger partial charge in [0.15, 0.2) is 0 Å². The van der Waals surface area contributed by atoms with E-state index < -0.39 is 0 Å². The average Bonchev–Trinajstić information content (AvgIpc) is 2.89. The summed E-state index contributed by atoms with van der Waals surface area (Å²) in [4.78, 5) is 12.1. The van der Waals surface area contributed by atoms with Crippen LogP contribution in [0.2, 0.25) is 10.0 Å². The lowest BCUT2D eigenvalue weighted by atomic mass is 10.2. The van der Waals surface area contributed by atoms with Crippen LogP contribution >= 0.6 is 23.2 Å². The van der Waals surface area contributed by atoms with Crippen LogP contribution in [0.4, 0.5) is 5.69 Å². The van der Waals surface area contributed by atoms with Gasteiger partial charge in [0.05, 0.1) is 10.0 Å². The van der Waals surface area contributed by atoms with Crippen molar-refractivity contribution >= 4 is 45.8 Å². The first-order valence-electron chi connectivity index (χ1n) is 5.70. The summed E-state index contributed by atoms with van der Waals surface area (Å²) in [6.45, 7) is 0. The van der Waals surface area contributed by atoms with E-state index in [2.05, 4.69) is 20.7 Å². The third-order valence-corrected chi connectivity index (χ3v) is 3.50. The molecule has 0 saturated carbocycles. The number of rotatable bonds is 2. The Morgan fingerprint density at radius 2 is 1.80 bits per heavy atom. The van der Waals surface area contributed by atoms with E-state index in [1.807, 2.05) is 0 Å². The Balaban J connectivity index is 1.85. The molecule has 2 N–H and O–H groups in total. The van der Waals surface area contributed by atoms with Crippen molar-refractivity contribution in [3.63, 3.8) is 0 Å². The molecule has 0 aliphatic rings. The Labute approximate surface area is 123 Å². The number of nitrogens with zero attached hydrogens (tertiary/aromatic N) is 2. The molecule has 3 rings (SSSR count). The Kier molecular flexibility index (Phi) is 3.30. The van der Waals surface area contributed by atoms with Crippen LogP contribution in [-0.4, -0.2) is 21.3 Å². The number of carbonyl (C=O) groups is 1. The number of halogens is 2. The highest BCUT2D eigenvalue weighted by Crippen LogP contribution is 2.23. The lowest BCUT2D eigenvalue weighted by Crippen LogP contribution is -2.11. The number of aromatic nitrogens is 3. The molecule has 1 amide bonds. The first-order chi connectivity index (χ1) is 9.63. The summed E-state index contributed by atoms with van der Waals surface area (Å²) in [7, 11) is 0. The van der Waals surface area contributed by atoms with Crippen LogP contribution in [0.5, 0.6) is 0 Å². The Morgan fingerprint density at radius 3 is 2.60 bits per heavy atom. The van der Waals surface area contributed by atoms with Crippen LogP contribution in [0.25, 0.3) is 11.0 Å². The quantitative estimate of drug-likeness (QED) is 0.761. The first-order valence-corrected chi connectivity index (χ1v) is 6.46. The summed E-state index contributed by atoms with van der Waals surface area (Å²) >= 11 is 11.7. The van der Waals surface area contributed by atoms with Crippen molar-refractivity contribution in [1.29, 1.82) is 0 Å². The summed E-state index contributed by atoms with van der Waals surface area (Å²) in [5.74, 6) is -0.272. The minimum atomic E-state index is -0.272. The molecule has 0 saturated heterocycles. The zero-order valence-corrected chi connectivity index (χ0v) is 11.5. The fourth-order valence-electron chi connectivity index (χ4n) is 1.76. The van der Waals surface area contributed by atoms with Gasteiger partial charge >= 0.3 is 0 Å². The molecule has 100 valence electrons. The number of fused-ring (bicyclic) bond motifs is 1. The van der Waals surface area contributed by atoms with Crippen molar-refractivity contribution in [1.82, 2.24) is 15.4 Å². The van der Waals surface area contributed by atoms with Crippen molar-refractivity contribution in [2.24, 2.45) is 0 Å². The third kappa shape index (κ3) is 2.45. The second-order valence-corrected chi connectivity index (χ2v) is 4.92. The molecule has 0 aliphatic heterocycles. The SMILES string of the molecule is O=C(Nc1ccc2n[nH]nc2c1)c1ccc(Cl)c(Cl)c1. The molecular weight excluding hydrogens is 299 g/mol. The molecule has 2 aromatic carbocycles. The van der Waals surface area contributed by atoms with Gasteiger partial charge in [0, 0.05) is 11.3 Å². The van der Waals surface area contributed by atoms with Gasteiger partial charge in [0.1, 0.15) is 11.0 Å². The lowest BCUT2D eigenvalue weighted by molar-refractivity contribution is 0.102. The van der Waals surface area contributed by atoms with Gasteiger partial charge in [-0.15, -0.1) is 0 Å². The molecule has 3 aromatic rings. The molecule has 7 heteroatoms. The minimum absolute atomic E-state index is 0.272. The maximum absolute atomic E-state index is 12.1. The van der Waals surface area contributed by atoms with E-state index in [-0.39, 0.29) is 5.91 Å². The maximum atomic E-state index is 12.1. The zero-order chi connectivity index (χ0) is 14.1. The van der Waals surface area contributed by atoms with E-state index >= 15 is 0 Å². The highest BCUT2D eigenvalue weighted by atomic mass is 35.5. The van der Waals surface area contributed by atoms with Gasteiger partial charge in [0.2, 0.25) is 0 Å². The van der Waals surface area contributed by atoms with Crippen molar-refractivity contribution in [2.75, 3.05) is 5.32 Å². The molecule has 0 radical (unpaired) electrons. The number of H-pyrrole nitrogens is 1. The van der Waals surface area contributed by atoms with E-state index in [4.69, 9.17) is 23.2 Å². The van der Waals surface area contributed by atoms with Crippen LogP contribution in [0.15, 0.2) is 36.4 Å². The van der Waals surface area contributed by atoms with Gasteiger partial charge in [0.25, 0.3) is 5.91 Å². The Morgan fingerprint density at radius 1 is 1.00 bits per heavy atom. The minimum Gasteiger partial charge on any atom is -0.322 e.